The monoisotopic (exact) mass is 338 g/mol. The predicted molar refractivity (Wildman–Crippen MR) is 92.2 cm³/mol. The summed E-state index contributed by atoms with van der Waals surface area (Å²) in [5, 5.41) is 1.95. The van der Waals surface area contributed by atoms with Crippen LogP contribution in [0.25, 0.3) is 28.4 Å². The highest BCUT2D eigenvalue weighted by atomic mass is 32.1. The lowest BCUT2D eigenvalue weighted by Gasteiger charge is -2.00. The largest absolute Gasteiger partial charge is 0.345 e. The minimum Gasteiger partial charge on any atom is -0.306 e. The van der Waals surface area contributed by atoms with Crippen LogP contribution in [0.3, 0.4) is 0 Å². The van der Waals surface area contributed by atoms with E-state index in [1.165, 1.54) is 29.7 Å². The molecule has 0 fully saturated rings. The van der Waals surface area contributed by atoms with Gasteiger partial charge in [0.15, 0.2) is 4.96 Å². The molecule has 0 radical (unpaired) electrons. The van der Waals surface area contributed by atoms with Gasteiger partial charge < -0.3 is 4.98 Å². The van der Waals surface area contributed by atoms with Crippen LogP contribution in [0.4, 0.5) is 4.39 Å². The summed E-state index contributed by atoms with van der Waals surface area (Å²) in [6.45, 7) is 0. The molecular formula is C17H11FN4OS. The zero-order valence-corrected chi connectivity index (χ0v) is 13.1. The normalized spacial score (nSPS) is 11.5. The van der Waals surface area contributed by atoms with E-state index in [9.17, 15) is 9.18 Å². The van der Waals surface area contributed by atoms with Crippen molar-refractivity contribution in [1.82, 2.24) is 19.4 Å². The molecule has 7 heteroatoms. The number of hydrogen-bond donors (Lipinski definition) is 1. The number of H-pyrrole nitrogens is 1. The number of benzene rings is 1. The quantitative estimate of drug-likeness (QED) is 0.622. The van der Waals surface area contributed by atoms with E-state index in [2.05, 4.69) is 15.0 Å². The first kappa shape index (κ1) is 14.5. The Morgan fingerprint density at radius 1 is 1.17 bits per heavy atom. The number of nitrogens with zero attached hydrogens (tertiary/aromatic N) is 3. The minimum atomic E-state index is -0.398. The van der Waals surface area contributed by atoms with E-state index < -0.39 is 5.69 Å². The summed E-state index contributed by atoms with van der Waals surface area (Å²) in [6.07, 6.45) is 7.04. The molecule has 0 spiro atoms. The molecule has 0 aliphatic rings. The highest BCUT2D eigenvalue weighted by Crippen LogP contribution is 2.28. The Bertz CT molecular complexity index is 1090. The van der Waals surface area contributed by atoms with Gasteiger partial charge in [0.1, 0.15) is 5.82 Å². The fourth-order valence-electron chi connectivity index (χ4n) is 2.43. The molecule has 5 nitrogen and oxygen atoms in total. The molecule has 118 valence electrons. The van der Waals surface area contributed by atoms with Crippen LogP contribution >= 0.6 is 11.3 Å². The molecule has 4 aromatic rings. The zero-order valence-electron chi connectivity index (χ0n) is 12.3. The second-order valence-corrected chi connectivity index (χ2v) is 5.94. The maximum atomic E-state index is 13.2. The van der Waals surface area contributed by atoms with Gasteiger partial charge in [-0.25, -0.2) is 19.2 Å². The summed E-state index contributed by atoms with van der Waals surface area (Å²) in [4.78, 5) is 23.0. The average molecular weight is 338 g/mol. The van der Waals surface area contributed by atoms with Gasteiger partial charge in [0, 0.05) is 29.0 Å². The number of hydrogen-bond acceptors (Lipinski definition) is 4. The van der Waals surface area contributed by atoms with Crippen molar-refractivity contribution in [1.29, 1.82) is 0 Å². The van der Waals surface area contributed by atoms with Crippen LogP contribution < -0.4 is 5.69 Å². The van der Waals surface area contributed by atoms with Crippen LogP contribution in [0, 0.1) is 5.82 Å². The Kier molecular flexibility index (Phi) is 3.55. The van der Waals surface area contributed by atoms with Gasteiger partial charge in [0.2, 0.25) is 0 Å². The molecule has 1 N–H and O–H groups in total. The van der Waals surface area contributed by atoms with Crippen LogP contribution in [-0.2, 0) is 0 Å². The van der Waals surface area contributed by atoms with Gasteiger partial charge in [-0.05, 0) is 42.5 Å². The minimum absolute atomic E-state index is 0.286. The molecule has 1 aromatic carbocycles. The average Bonchev–Trinajstić information content (AvgIpc) is 3.15. The maximum absolute atomic E-state index is 13.2. The molecule has 3 heterocycles. The lowest BCUT2D eigenvalue weighted by Crippen LogP contribution is -2.09. The Balaban J connectivity index is 1.84. The topological polar surface area (TPSA) is 63.1 Å². The first-order valence-corrected chi connectivity index (χ1v) is 8.03. The number of fused-ring (bicyclic) bond motifs is 1. The van der Waals surface area contributed by atoms with Crippen molar-refractivity contribution >= 4 is 28.4 Å². The van der Waals surface area contributed by atoms with Crippen LogP contribution in [0.5, 0.6) is 0 Å². The zero-order chi connectivity index (χ0) is 16.5. The molecule has 4 rings (SSSR count). The summed E-state index contributed by atoms with van der Waals surface area (Å²) in [6, 6.07) is 7.94. The van der Waals surface area contributed by atoms with Gasteiger partial charge >= 0.3 is 5.69 Å². The Labute approximate surface area is 139 Å². The number of thiazole rings is 1. The molecule has 24 heavy (non-hydrogen) atoms. The first-order chi connectivity index (χ1) is 11.7. The molecule has 0 aliphatic carbocycles. The van der Waals surface area contributed by atoms with E-state index in [0.29, 0.717) is 5.69 Å². The fourth-order valence-corrected chi connectivity index (χ4v) is 3.15. The standard InChI is InChI=1S/C17H11FN4OS/c18-12-3-1-11(2-4-12)15-14(22-9-10-24-17(22)21-15)6-5-13-7-8-19-16(23)20-13/h1-10H,(H,19,20,23). The SMILES string of the molecule is O=c1nccc(C=Cc2c(-c3ccc(F)cc3)nc3sccn23)[nH]1. The van der Waals surface area contributed by atoms with Gasteiger partial charge in [0.05, 0.1) is 11.4 Å². The van der Waals surface area contributed by atoms with E-state index in [-0.39, 0.29) is 5.82 Å². The second kappa shape index (κ2) is 5.86. The number of aromatic amines is 1. The number of aromatic nitrogens is 4. The maximum Gasteiger partial charge on any atom is 0.345 e. The van der Waals surface area contributed by atoms with Gasteiger partial charge in [-0.1, -0.05) is 0 Å². The van der Waals surface area contributed by atoms with Gasteiger partial charge in [-0.3, -0.25) is 4.40 Å². The highest BCUT2D eigenvalue weighted by Gasteiger charge is 2.12. The van der Waals surface area contributed by atoms with E-state index in [1.807, 2.05) is 22.1 Å². The van der Waals surface area contributed by atoms with E-state index in [1.54, 1.807) is 24.3 Å². The van der Waals surface area contributed by atoms with Crippen molar-refractivity contribution in [3.63, 3.8) is 0 Å². The van der Waals surface area contributed by atoms with Gasteiger partial charge in [-0.2, -0.15) is 0 Å². The van der Waals surface area contributed by atoms with Gasteiger partial charge in [0.25, 0.3) is 0 Å². The van der Waals surface area contributed by atoms with Crippen LogP contribution in [-0.4, -0.2) is 19.4 Å². The molecule has 0 unspecified atom stereocenters. The summed E-state index contributed by atoms with van der Waals surface area (Å²) in [5.41, 5.74) is 2.69. The molecule has 3 aromatic heterocycles. The van der Waals surface area contributed by atoms with E-state index >= 15 is 0 Å². The van der Waals surface area contributed by atoms with Crippen molar-refractivity contribution in [3.05, 3.63) is 75.8 Å². The summed E-state index contributed by atoms with van der Waals surface area (Å²) in [7, 11) is 0. The number of nitrogens with one attached hydrogen (secondary N) is 1. The van der Waals surface area contributed by atoms with Crippen LogP contribution in [0.1, 0.15) is 11.4 Å². The molecule has 0 bridgehead atoms. The third kappa shape index (κ3) is 2.65. The Morgan fingerprint density at radius 3 is 2.79 bits per heavy atom. The van der Waals surface area contributed by atoms with E-state index in [0.717, 1.165) is 21.9 Å². The lowest BCUT2D eigenvalue weighted by atomic mass is 10.1. The van der Waals surface area contributed by atoms with Crippen molar-refractivity contribution in [2.45, 2.75) is 0 Å². The van der Waals surface area contributed by atoms with E-state index in [4.69, 9.17) is 0 Å². The van der Waals surface area contributed by atoms with Gasteiger partial charge in [-0.15, -0.1) is 11.3 Å². The van der Waals surface area contributed by atoms with Crippen molar-refractivity contribution < 1.29 is 4.39 Å². The number of imidazole rings is 1. The van der Waals surface area contributed by atoms with Crippen molar-refractivity contribution in [2.75, 3.05) is 0 Å². The summed E-state index contributed by atoms with van der Waals surface area (Å²) in [5.74, 6) is -0.286. The Morgan fingerprint density at radius 2 is 2.00 bits per heavy atom. The molecule has 0 amide bonds. The molecule has 0 saturated carbocycles. The summed E-state index contributed by atoms with van der Waals surface area (Å²) >= 11 is 1.52. The van der Waals surface area contributed by atoms with Crippen LogP contribution in [0.2, 0.25) is 0 Å². The number of rotatable bonds is 3. The smallest absolute Gasteiger partial charge is 0.306 e. The molecule has 0 atom stereocenters. The molecule has 0 aliphatic heterocycles. The van der Waals surface area contributed by atoms with Crippen molar-refractivity contribution in [3.8, 4) is 11.3 Å². The number of halogens is 1. The first-order valence-electron chi connectivity index (χ1n) is 7.15. The van der Waals surface area contributed by atoms with Crippen molar-refractivity contribution in [2.24, 2.45) is 0 Å². The lowest BCUT2D eigenvalue weighted by molar-refractivity contribution is 0.628. The van der Waals surface area contributed by atoms with Crippen LogP contribution in [0.15, 0.2) is 52.9 Å². The summed E-state index contributed by atoms with van der Waals surface area (Å²) < 4.78 is 15.1. The third-order valence-corrected chi connectivity index (χ3v) is 4.29. The highest BCUT2D eigenvalue weighted by molar-refractivity contribution is 7.15. The molecule has 0 saturated heterocycles. The molecular weight excluding hydrogens is 327 g/mol. The second-order valence-electron chi connectivity index (χ2n) is 5.07. The Hall–Kier alpha value is -3.06. The fraction of sp³-hybridized carbons (Fsp3) is 0. The predicted octanol–water partition coefficient (Wildman–Crippen LogP) is 3.46. The third-order valence-electron chi connectivity index (χ3n) is 3.53.